The van der Waals surface area contributed by atoms with Crippen molar-refractivity contribution in [2.24, 2.45) is 0 Å². The quantitative estimate of drug-likeness (QED) is 0.419. The molecule has 0 N–H and O–H groups in total. The molecule has 0 heterocycles. The van der Waals surface area contributed by atoms with Gasteiger partial charge in [-0.05, 0) is 27.7 Å². The highest BCUT2D eigenvalue weighted by Gasteiger charge is 2.45. The summed E-state index contributed by atoms with van der Waals surface area (Å²) in [5.74, 6) is 0. The standard InChI is InChI=1S/C11H24O7P2/c1-6-15-19(12,16-7-2)11(10-14-5)20(13,17-8-3)18-9-4/h10H,6-9H2,1-5H3. The minimum Gasteiger partial charge on any atom is -0.503 e. The third-order valence-corrected chi connectivity index (χ3v) is 7.18. The summed E-state index contributed by atoms with van der Waals surface area (Å²) < 4.78 is 51.1. The van der Waals surface area contributed by atoms with E-state index < -0.39 is 15.2 Å². The summed E-state index contributed by atoms with van der Waals surface area (Å²) in [7, 11) is -6.27. The number of hydrogen-bond acceptors (Lipinski definition) is 7. The average molecular weight is 330 g/mol. The van der Waals surface area contributed by atoms with Gasteiger partial charge in [0.2, 0.25) is 0 Å². The molecule has 0 spiro atoms. The molecular formula is C11H24O7P2. The van der Waals surface area contributed by atoms with Gasteiger partial charge in [-0.15, -0.1) is 0 Å². The van der Waals surface area contributed by atoms with Crippen LogP contribution in [0.1, 0.15) is 27.7 Å². The molecule has 9 heteroatoms. The number of hydrogen-bond donors (Lipinski definition) is 0. The second-order valence-corrected chi connectivity index (χ2v) is 7.72. The average Bonchev–Trinajstić information content (AvgIpc) is 2.36. The summed E-state index contributed by atoms with van der Waals surface area (Å²) in [4.78, 5) is 0. The minimum atomic E-state index is -3.80. The Morgan fingerprint density at radius 3 is 1.30 bits per heavy atom. The van der Waals surface area contributed by atoms with Crippen molar-refractivity contribution >= 4 is 15.2 Å². The van der Waals surface area contributed by atoms with Crippen molar-refractivity contribution < 1.29 is 32.0 Å². The first-order chi connectivity index (χ1) is 9.44. The molecule has 0 aliphatic carbocycles. The van der Waals surface area contributed by atoms with Gasteiger partial charge in [-0.1, -0.05) is 0 Å². The summed E-state index contributed by atoms with van der Waals surface area (Å²) in [5, 5.41) is -0.222. The molecule has 0 rings (SSSR count). The van der Waals surface area contributed by atoms with Crippen LogP contribution in [0.3, 0.4) is 0 Å². The lowest BCUT2D eigenvalue weighted by Crippen LogP contribution is -2.05. The van der Waals surface area contributed by atoms with E-state index in [1.807, 2.05) is 0 Å². The van der Waals surface area contributed by atoms with Crippen molar-refractivity contribution in [3.8, 4) is 0 Å². The lowest BCUT2D eigenvalue weighted by molar-refractivity contribution is 0.211. The van der Waals surface area contributed by atoms with Crippen LogP contribution in [0, 0.1) is 0 Å². The van der Waals surface area contributed by atoms with Gasteiger partial charge in [-0.2, -0.15) is 0 Å². The maximum atomic E-state index is 12.8. The molecule has 0 aromatic heterocycles. The summed E-state index contributed by atoms with van der Waals surface area (Å²) in [5.41, 5.74) is 0. The van der Waals surface area contributed by atoms with Crippen molar-refractivity contribution in [3.63, 3.8) is 0 Å². The van der Waals surface area contributed by atoms with Crippen LogP contribution < -0.4 is 0 Å². The zero-order chi connectivity index (χ0) is 15.6. The molecule has 0 amide bonds. The third-order valence-electron chi connectivity index (χ3n) is 1.98. The van der Waals surface area contributed by atoms with Gasteiger partial charge in [0.15, 0.2) is 5.06 Å². The Hall–Kier alpha value is -0.160. The smallest absolute Gasteiger partial charge is 0.372 e. The van der Waals surface area contributed by atoms with E-state index in [-0.39, 0.29) is 31.5 Å². The van der Waals surface area contributed by atoms with E-state index in [0.29, 0.717) is 0 Å². The lowest BCUT2D eigenvalue weighted by Gasteiger charge is -2.25. The lowest BCUT2D eigenvalue weighted by atomic mass is 10.9. The summed E-state index contributed by atoms with van der Waals surface area (Å²) in [6, 6.07) is 0. The molecule has 0 atom stereocenters. The Kier molecular flexibility index (Phi) is 9.64. The Labute approximate surface area is 120 Å². The zero-order valence-corrected chi connectivity index (χ0v) is 14.4. The van der Waals surface area contributed by atoms with Gasteiger partial charge in [-0.3, -0.25) is 9.13 Å². The second kappa shape index (κ2) is 9.72. The van der Waals surface area contributed by atoms with E-state index in [9.17, 15) is 9.13 Å². The van der Waals surface area contributed by atoms with Gasteiger partial charge in [0.25, 0.3) is 0 Å². The van der Waals surface area contributed by atoms with Crippen LogP contribution in [0.25, 0.3) is 0 Å². The number of rotatable bonds is 11. The first-order valence-corrected chi connectivity index (χ1v) is 9.54. The van der Waals surface area contributed by atoms with Crippen LogP contribution in [0.5, 0.6) is 0 Å². The first-order valence-electron chi connectivity index (χ1n) is 6.46. The summed E-state index contributed by atoms with van der Waals surface area (Å²) >= 11 is 0. The molecule has 0 aromatic carbocycles. The number of methoxy groups -OCH3 is 1. The summed E-state index contributed by atoms with van der Waals surface area (Å²) in [6.45, 7) is 7.11. The fourth-order valence-corrected chi connectivity index (χ4v) is 5.80. The van der Waals surface area contributed by atoms with E-state index in [0.717, 1.165) is 6.26 Å². The fourth-order valence-electron chi connectivity index (χ4n) is 1.40. The molecule has 0 aromatic rings. The normalized spacial score (nSPS) is 12.2. The van der Waals surface area contributed by atoms with E-state index in [1.54, 1.807) is 27.7 Å². The molecule has 20 heavy (non-hydrogen) atoms. The molecule has 0 aliphatic rings. The highest BCUT2D eigenvalue weighted by atomic mass is 31.2. The summed E-state index contributed by atoms with van der Waals surface area (Å²) in [6.07, 6.45) is 1.05. The van der Waals surface area contributed by atoms with E-state index in [1.165, 1.54) is 7.11 Å². The maximum absolute atomic E-state index is 12.8. The third kappa shape index (κ3) is 5.32. The van der Waals surface area contributed by atoms with Gasteiger partial charge in [0.05, 0.1) is 33.5 Å². The molecular weight excluding hydrogens is 306 g/mol. The van der Waals surface area contributed by atoms with Gasteiger partial charge in [-0.25, -0.2) is 0 Å². The van der Waals surface area contributed by atoms with Gasteiger partial charge < -0.3 is 22.8 Å². The van der Waals surface area contributed by atoms with Crippen molar-refractivity contribution in [1.82, 2.24) is 0 Å². The molecule has 120 valence electrons. The largest absolute Gasteiger partial charge is 0.503 e. The Balaban J connectivity index is 5.75. The van der Waals surface area contributed by atoms with Gasteiger partial charge in [0, 0.05) is 0 Å². The number of ether oxygens (including phenoxy) is 1. The predicted octanol–water partition coefficient (Wildman–Crippen LogP) is 3.96. The Bertz CT molecular complexity index is 342. The molecule has 0 saturated heterocycles. The second-order valence-electron chi connectivity index (χ2n) is 3.38. The van der Waals surface area contributed by atoms with E-state index in [2.05, 4.69) is 0 Å². The van der Waals surface area contributed by atoms with Crippen LogP contribution in [-0.4, -0.2) is 33.5 Å². The van der Waals surface area contributed by atoms with Crippen molar-refractivity contribution in [3.05, 3.63) is 11.3 Å². The molecule has 0 saturated carbocycles. The topological polar surface area (TPSA) is 80.3 Å². The zero-order valence-electron chi connectivity index (χ0n) is 12.7. The van der Waals surface area contributed by atoms with Crippen LogP contribution in [-0.2, 0) is 32.0 Å². The molecule has 0 bridgehead atoms. The fraction of sp³-hybridized carbons (Fsp3) is 0.818. The van der Waals surface area contributed by atoms with E-state index >= 15 is 0 Å². The van der Waals surface area contributed by atoms with Crippen molar-refractivity contribution in [1.29, 1.82) is 0 Å². The van der Waals surface area contributed by atoms with Crippen molar-refractivity contribution in [2.75, 3.05) is 33.5 Å². The molecule has 0 aliphatic heterocycles. The highest BCUT2D eigenvalue weighted by molar-refractivity contribution is 7.78. The predicted molar refractivity (Wildman–Crippen MR) is 76.8 cm³/mol. The SMILES string of the molecule is CCOP(=O)(OCC)C(=COC)P(=O)(OCC)OCC. The Morgan fingerprint density at radius 1 is 0.800 bits per heavy atom. The monoisotopic (exact) mass is 330 g/mol. The van der Waals surface area contributed by atoms with Crippen molar-refractivity contribution in [2.45, 2.75) is 27.7 Å². The molecule has 7 nitrogen and oxygen atoms in total. The van der Waals surface area contributed by atoms with Gasteiger partial charge in [0.1, 0.15) is 6.26 Å². The first kappa shape index (κ1) is 19.8. The Morgan fingerprint density at radius 2 is 1.10 bits per heavy atom. The van der Waals surface area contributed by atoms with Crippen LogP contribution in [0.2, 0.25) is 0 Å². The van der Waals surface area contributed by atoms with E-state index in [4.69, 9.17) is 22.8 Å². The molecule has 0 radical (unpaired) electrons. The molecule has 0 fully saturated rings. The molecule has 0 unspecified atom stereocenters. The van der Waals surface area contributed by atoms with Crippen LogP contribution in [0.4, 0.5) is 0 Å². The maximum Gasteiger partial charge on any atom is 0.372 e. The van der Waals surface area contributed by atoms with Crippen LogP contribution >= 0.6 is 15.2 Å². The highest BCUT2D eigenvalue weighted by Crippen LogP contribution is 2.73. The van der Waals surface area contributed by atoms with Gasteiger partial charge >= 0.3 is 15.2 Å². The van der Waals surface area contributed by atoms with Crippen LogP contribution in [0.15, 0.2) is 11.3 Å². The minimum absolute atomic E-state index is 0.122.